The molecular weight excluding hydrogens is 368 g/mol. The number of nitrogens with zero attached hydrogens (tertiary/aromatic N) is 3. The molecule has 1 fully saturated rings. The number of nitrogens with two attached hydrogens (primary N) is 1. The number of thiazole rings is 1. The number of β-amino-alcohol motifs (C(OH)–C–C–N with tert-alkyl or cyclic N) is 1. The Labute approximate surface area is 166 Å². The minimum Gasteiger partial charge on any atom is -0.387 e. The summed E-state index contributed by atoms with van der Waals surface area (Å²) in [6.07, 6.45) is 3.87. The van der Waals surface area contributed by atoms with Crippen LogP contribution in [0.5, 0.6) is 0 Å². The Morgan fingerprint density at radius 2 is 2.00 bits per heavy atom. The number of hydrogen-bond acceptors (Lipinski definition) is 6. The predicted octanol–water partition coefficient (Wildman–Crippen LogP) is 3.02. The zero-order chi connectivity index (χ0) is 17.6. The van der Waals surface area contributed by atoms with Crippen LogP contribution >= 0.6 is 23.7 Å². The van der Waals surface area contributed by atoms with Crippen molar-refractivity contribution >= 4 is 28.9 Å². The highest BCUT2D eigenvalue weighted by Crippen LogP contribution is 2.22. The van der Waals surface area contributed by atoms with Crippen LogP contribution in [0.3, 0.4) is 0 Å². The van der Waals surface area contributed by atoms with E-state index in [4.69, 9.17) is 5.73 Å². The number of anilines is 1. The van der Waals surface area contributed by atoms with E-state index >= 15 is 0 Å². The Morgan fingerprint density at radius 1 is 1.31 bits per heavy atom. The molecule has 7 heteroatoms. The summed E-state index contributed by atoms with van der Waals surface area (Å²) in [4.78, 5) is 10.1. The molecule has 1 aliphatic rings. The average Bonchev–Trinajstić information content (AvgIpc) is 3.02. The normalized spacial score (nSPS) is 17.2. The first-order valence-corrected chi connectivity index (χ1v) is 9.76. The van der Waals surface area contributed by atoms with Crippen molar-refractivity contribution in [1.29, 1.82) is 0 Å². The van der Waals surface area contributed by atoms with Gasteiger partial charge in [-0.05, 0) is 44.5 Å². The van der Waals surface area contributed by atoms with Crippen LogP contribution in [0.15, 0.2) is 36.5 Å². The molecule has 26 heavy (non-hydrogen) atoms. The molecule has 0 aliphatic carbocycles. The van der Waals surface area contributed by atoms with Gasteiger partial charge in [-0.25, -0.2) is 4.98 Å². The molecule has 3 rings (SSSR count). The summed E-state index contributed by atoms with van der Waals surface area (Å²) < 4.78 is 0. The van der Waals surface area contributed by atoms with Crippen LogP contribution in [0.25, 0.3) is 0 Å². The Hall–Kier alpha value is -1.18. The molecule has 0 radical (unpaired) electrons. The van der Waals surface area contributed by atoms with Crippen LogP contribution in [0, 0.1) is 5.92 Å². The Bertz CT molecular complexity index is 646. The summed E-state index contributed by atoms with van der Waals surface area (Å²) in [6, 6.07) is 9.95. The van der Waals surface area contributed by atoms with Crippen molar-refractivity contribution in [2.75, 3.05) is 39.0 Å². The molecule has 3 N–H and O–H groups in total. The number of aromatic nitrogens is 1. The number of aliphatic hydroxyl groups excluding tert-OH is 1. The number of halogens is 1. The van der Waals surface area contributed by atoms with Gasteiger partial charge in [-0.1, -0.05) is 30.3 Å². The Balaban J connectivity index is 0.00000243. The number of benzene rings is 1. The van der Waals surface area contributed by atoms with E-state index in [1.165, 1.54) is 17.7 Å². The molecule has 0 saturated carbocycles. The van der Waals surface area contributed by atoms with Crippen molar-refractivity contribution < 1.29 is 5.11 Å². The molecule has 1 unspecified atom stereocenters. The second-order valence-corrected chi connectivity index (χ2v) is 8.18. The van der Waals surface area contributed by atoms with Crippen LogP contribution in [0.2, 0.25) is 0 Å². The molecule has 144 valence electrons. The van der Waals surface area contributed by atoms with Crippen molar-refractivity contribution in [1.82, 2.24) is 14.8 Å². The standard InChI is InChI=1S/C19H28N4OS.ClH/c1-22(13-17-11-21-19(20)25-17)12-15-7-9-23(10-8-15)14-18(24)16-5-3-2-4-6-16;/h2-6,11,15,18,24H,7-10,12-14H2,1H3,(H2,20,21);1H. The fraction of sp³-hybridized carbons (Fsp3) is 0.526. The Kier molecular flexibility index (Phi) is 8.31. The van der Waals surface area contributed by atoms with Crippen molar-refractivity contribution in [2.24, 2.45) is 5.92 Å². The van der Waals surface area contributed by atoms with Crippen LogP contribution in [-0.4, -0.2) is 53.1 Å². The molecule has 0 amide bonds. The first-order chi connectivity index (χ1) is 12.1. The molecule has 2 heterocycles. The van der Waals surface area contributed by atoms with Crippen LogP contribution in [-0.2, 0) is 6.54 Å². The van der Waals surface area contributed by atoms with E-state index in [2.05, 4.69) is 21.8 Å². The van der Waals surface area contributed by atoms with Gasteiger partial charge in [-0.3, -0.25) is 0 Å². The minimum atomic E-state index is -0.391. The Morgan fingerprint density at radius 3 is 2.62 bits per heavy atom. The van der Waals surface area contributed by atoms with E-state index in [1.807, 2.05) is 36.5 Å². The van der Waals surface area contributed by atoms with Gasteiger partial charge in [0.25, 0.3) is 0 Å². The van der Waals surface area contributed by atoms with Gasteiger partial charge < -0.3 is 20.6 Å². The molecule has 1 saturated heterocycles. The number of piperidine rings is 1. The van der Waals surface area contributed by atoms with Gasteiger partial charge in [-0.2, -0.15) is 0 Å². The van der Waals surface area contributed by atoms with Crippen LogP contribution < -0.4 is 5.73 Å². The maximum absolute atomic E-state index is 10.4. The number of aliphatic hydroxyl groups is 1. The third kappa shape index (κ3) is 6.21. The lowest BCUT2D eigenvalue weighted by atomic mass is 9.95. The van der Waals surface area contributed by atoms with Gasteiger partial charge in [0.2, 0.25) is 0 Å². The first-order valence-electron chi connectivity index (χ1n) is 8.94. The molecule has 5 nitrogen and oxygen atoms in total. The van der Waals surface area contributed by atoms with Crippen molar-refractivity contribution in [2.45, 2.75) is 25.5 Å². The van der Waals surface area contributed by atoms with E-state index < -0.39 is 6.10 Å². The van der Waals surface area contributed by atoms with Gasteiger partial charge in [0, 0.05) is 30.7 Å². The highest BCUT2D eigenvalue weighted by molar-refractivity contribution is 7.15. The maximum Gasteiger partial charge on any atom is 0.180 e. The zero-order valence-electron chi connectivity index (χ0n) is 15.3. The van der Waals surface area contributed by atoms with Crippen molar-refractivity contribution in [3.05, 3.63) is 47.0 Å². The number of likely N-dealkylation sites (tertiary alicyclic amines) is 1. The number of rotatable bonds is 7. The van der Waals surface area contributed by atoms with Crippen molar-refractivity contribution in [3.8, 4) is 0 Å². The fourth-order valence-corrected chi connectivity index (χ4v) is 4.31. The first kappa shape index (κ1) is 21.1. The lowest BCUT2D eigenvalue weighted by Crippen LogP contribution is -2.39. The smallest absolute Gasteiger partial charge is 0.180 e. The van der Waals surface area contributed by atoms with E-state index in [1.54, 1.807) is 11.3 Å². The lowest BCUT2D eigenvalue weighted by Gasteiger charge is -2.34. The third-order valence-corrected chi connectivity index (χ3v) is 5.70. The molecule has 1 aliphatic heterocycles. The molecule has 0 bridgehead atoms. The summed E-state index contributed by atoms with van der Waals surface area (Å²) in [5, 5.41) is 11.0. The van der Waals surface area contributed by atoms with E-state index in [9.17, 15) is 5.11 Å². The average molecular weight is 397 g/mol. The summed E-state index contributed by atoms with van der Waals surface area (Å²) in [5.74, 6) is 0.723. The van der Waals surface area contributed by atoms with Crippen molar-refractivity contribution in [3.63, 3.8) is 0 Å². The highest BCUT2D eigenvalue weighted by atomic mass is 35.5. The van der Waals surface area contributed by atoms with Gasteiger partial charge in [0.05, 0.1) is 6.10 Å². The largest absolute Gasteiger partial charge is 0.387 e. The second-order valence-electron chi connectivity index (χ2n) is 7.03. The fourth-order valence-electron chi connectivity index (χ4n) is 3.54. The molecule has 2 aromatic rings. The minimum absolute atomic E-state index is 0. The van der Waals surface area contributed by atoms with E-state index in [0.29, 0.717) is 5.13 Å². The zero-order valence-corrected chi connectivity index (χ0v) is 16.9. The van der Waals surface area contributed by atoms with Gasteiger partial charge in [0.1, 0.15) is 0 Å². The van der Waals surface area contributed by atoms with Gasteiger partial charge >= 0.3 is 0 Å². The predicted molar refractivity (Wildman–Crippen MR) is 111 cm³/mol. The molecule has 1 aromatic carbocycles. The topological polar surface area (TPSA) is 65.6 Å². The second kappa shape index (κ2) is 10.2. The third-order valence-electron chi connectivity index (χ3n) is 4.89. The number of nitrogen functional groups attached to an aromatic ring is 1. The maximum atomic E-state index is 10.4. The van der Waals surface area contributed by atoms with Crippen LogP contribution in [0.4, 0.5) is 5.13 Å². The van der Waals surface area contributed by atoms with Crippen LogP contribution in [0.1, 0.15) is 29.4 Å². The summed E-state index contributed by atoms with van der Waals surface area (Å²) in [6.45, 7) is 4.88. The van der Waals surface area contributed by atoms with Gasteiger partial charge in [-0.15, -0.1) is 23.7 Å². The monoisotopic (exact) mass is 396 g/mol. The SMILES string of the molecule is CN(Cc1cnc(N)s1)CC1CCN(CC(O)c2ccccc2)CC1.Cl. The number of hydrogen-bond donors (Lipinski definition) is 2. The quantitative estimate of drug-likeness (QED) is 0.753. The van der Waals surface area contributed by atoms with E-state index in [-0.39, 0.29) is 12.4 Å². The summed E-state index contributed by atoms with van der Waals surface area (Å²) in [7, 11) is 2.17. The molecule has 1 atom stereocenters. The summed E-state index contributed by atoms with van der Waals surface area (Å²) >= 11 is 1.57. The lowest BCUT2D eigenvalue weighted by molar-refractivity contribution is 0.0826. The molecule has 0 spiro atoms. The summed E-state index contributed by atoms with van der Waals surface area (Å²) in [5.41, 5.74) is 6.71. The highest BCUT2D eigenvalue weighted by Gasteiger charge is 2.22. The molecule has 1 aromatic heterocycles. The van der Waals surface area contributed by atoms with E-state index in [0.717, 1.165) is 44.2 Å². The molecular formula is C19H29ClN4OS. The van der Waals surface area contributed by atoms with Gasteiger partial charge in [0.15, 0.2) is 5.13 Å².